The summed E-state index contributed by atoms with van der Waals surface area (Å²) in [6.07, 6.45) is 0. The number of carbonyl (C=O) groups excluding carboxylic acids is 1. The molecule has 3 rings (SSSR count). The van der Waals surface area contributed by atoms with Crippen LogP contribution in [0.2, 0.25) is 0 Å². The highest BCUT2D eigenvalue weighted by Gasteiger charge is 2.16. The van der Waals surface area contributed by atoms with Crippen molar-refractivity contribution in [3.05, 3.63) is 60.2 Å². The number of amides is 1. The van der Waals surface area contributed by atoms with Crippen LogP contribution in [0, 0.1) is 0 Å². The van der Waals surface area contributed by atoms with Crippen LogP contribution in [0.5, 0.6) is 11.5 Å². The monoisotopic (exact) mass is 311 g/mol. The summed E-state index contributed by atoms with van der Waals surface area (Å²) in [5, 5.41) is 1.97. The van der Waals surface area contributed by atoms with Crippen LogP contribution >= 0.6 is 0 Å². The van der Waals surface area contributed by atoms with Gasteiger partial charge in [-0.2, -0.15) is 0 Å². The van der Waals surface area contributed by atoms with E-state index >= 15 is 0 Å². The molecule has 1 aliphatic heterocycles. The lowest BCUT2D eigenvalue weighted by molar-refractivity contribution is 0.0662. The highest BCUT2D eigenvalue weighted by atomic mass is 16.5. The molecule has 5 heteroatoms. The van der Waals surface area contributed by atoms with Crippen LogP contribution in [0.1, 0.15) is 10.4 Å². The van der Waals surface area contributed by atoms with E-state index in [0.717, 1.165) is 31.9 Å². The highest BCUT2D eigenvalue weighted by Crippen LogP contribution is 2.21. The molecule has 1 amide bonds. The minimum absolute atomic E-state index is 0.104. The van der Waals surface area contributed by atoms with Crippen molar-refractivity contribution in [3.8, 4) is 11.5 Å². The molecule has 0 bridgehead atoms. The molecular formula is C18H21N3O2. The Morgan fingerprint density at radius 2 is 1.65 bits per heavy atom. The Morgan fingerprint density at radius 3 is 2.39 bits per heavy atom. The molecule has 1 heterocycles. The first-order valence-corrected chi connectivity index (χ1v) is 7.78. The van der Waals surface area contributed by atoms with Crippen molar-refractivity contribution in [2.24, 2.45) is 0 Å². The maximum absolute atomic E-state index is 12.4. The molecule has 1 fully saturated rings. The summed E-state index contributed by atoms with van der Waals surface area (Å²) >= 11 is 0. The first kappa shape index (κ1) is 15.5. The molecule has 23 heavy (non-hydrogen) atoms. The number of ether oxygens (including phenoxy) is 1. The molecule has 120 valence electrons. The third-order valence-electron chi connectivity index (χ3n) is 3.84. The molecule has 0 saturated carbocycles. The van der Waals surface area contributed by atoms with E-state index in [0.29, 0.717) is 11.3 Å². The molecule has 1 saturated heterocycles. The van der Waals surface area contributed by atoms with E-state index in [2.05, 4.69) is 17.4 Å². The zero-order chi connectivity index (χ0) is 16.1. The highest BCUT2D eigenvalue weighted by molar-refractivity contribution is 5.94. The van der Waals surface area contributed by atoms with Gasteiger partial charge in [0.1, 0.15) is 11.5 Å². The molecule has 1 N–H and O–H groups in total. The molecule has 1 aliphatic rings. The van der Waals surface area contributed by atoms with Gasteiger partial charge in [0.2, 0.25) is 0 Å². The predicted molar refractivity (Wildman–Crippen MR) is 89.5 cm³/mol. The first-order chi connectivity index (χ1) is 11.2. The average Bonchev–Trinajstić information content (AvgIpc) is 2.58. The Morgan fingerprint density at radius 1 is 0.957 bits per heavy atom. The molecule has 0 aliphatic carbocycles. The van der Waals surface area contributed by atoms with Gasteiger partial charge in [0.05, 0.1) is 0 Å². The fourth-order valence-electron chi connectivity index (χ4n) is 2.45. The zero-order valence-electron chi connectivity index (χ0n) is 13.2. The number of rotatable bonds is 4. The minimum atomic E-state index is -0.104. The number of para-hydroxylation sites is 1. The van der Waals surface area contributed by atoms with Crippen LogP contribution in [-0.2, 0) is 0 Å². The molecule has 0 aromatic heterocycles. The molecule has 0 radical (unpaired) electrons. The van der Waals surface area contributed by atoms with Gasteiger partial charge in [-0.05, 0) is 37.4 Å². The number of carbonyl (C=O) groups is 1. The van der Waals surface area contributed by atoms with Crippen LogP contribution in [-0.4, -0.2) is 49.0 Å². The summed E-state index contributed by atoms with van der Waals surface area (Å²) in [6.45, 7) is 3.58. The normalized spacial score (nSPS) is 16.0. The third kappa shape index (κ3) is 4.31. The van der Waals surface area contributed by atoms with E-state index in [1.54, 1.807) is 12.1 Å². The quantitative estimate of drug-likeness (QED) is 0.941. The predicted octanol–water partition coefficient (Wildman–Crippen LogP) is 2.37. The number of hydrogen-bond donors (Lipinski definition) is 1. The Hall–Kier alpha value is -2.37. The van der Waals surface area contributed by atoms with Crippen LogP contribution in [0.15, 0.2) is 54.6 Å². The van der Waals surface area contributed by atoms with Crippen molar-refractivity contribution < 1.29 is 9.53 Å². The summed E-state index contributed by atoms with van der Waals surface area (Å²) < 4.78 is 5.77. The summed E-state index contributed by atoms with van der Waals surface area (Å²) in [7, 11) is 2.09. The topological polar surface area (TPSA) is 44.8 Å². The second-order valence-electron chi connectivity index (χ2n) is 5.67. The number of benzene rings is 2. The molecule has 0 atom stereocenters. The van der Waals surface area contributed by atoms with Crippen molar-refractivity contribution in [1.29, 1.82) is 0 Å². The molecule has 2 aromatic rings. The van der Waals surface area contributed by atoms with Gasteiger partial charge in [-0.15, -0.1) is 0 Å². The fourth-order valence-corrected chi connectivity index (χ4v) is 2.45. The van der Waals surface area contributed by atoms with E-state index < -0.39 is 0 Å². The Balaban J connectivity index is 1.63. The first-order valence-electron chi connectivity index (χ1n) is 7.78. The molecule has 0 spiro atoms. The lowest BCUT2D eigenvalue weighted by Gasteiger charge is -2.32. The van der Waals surface area contributed by atoms with E-state index in [4.69, 9.17) is 4.74 Å². The van der Waals surface area contributed by atoms with E-state index in [1.807, 2.05) is 47.5 Å². The zero-order valence-corrected chi connectivity index (χ0v) is 13.2. The number of nitrogens with one attached hydrogen (secondary N) is 1. The number of hydrogen-bond acceptors (Lipinski definition) is 4. The van der Waals surface area contributed by atoms with Gasteiger partial charge in [-0.25, -0.2) is 5.01 Å². The standard InChI is InChI=1S/C18H21N3O2/c1-20-10-12-21(13-11-20)19-18(22)15-6-5-9-17(14-15)23-16-7-3-2-4-8-16/h2-9,14H,10-13H2,1H3,(H,19,22). The van der Waals surface area contributed by atoms with Crippen LogP contribution in [0.25, 0.3) is 0 Å². The van der Waals surface area contributed by atoms with Gasteiger partial charge < -0.3 is 9.64 Å². The van der Waals surface area contributed by atoms with E-state index in [-0.39, 0.29) is 5.91 Å². The second kappa shape index (κ2) is 7.26. The molecular weight excluding hydrogens is 290 g/mol. The minimum Gasteiger partial charge on any atom is -0.457 e. The van der Waals surface area contributed by atoms with E-state index in [9.17, 15) is 4.79 Å². The van der Waals surface area contributed by atoms with Gasteiger partial charge in [0.15, 0.2) is 0 Å². The van der Waals surface area contributed by atoms with Crippen molar-refractivity contribution in [2.45, 2.75) is 0 Å². The van der Waals surface area contributed by atoms with Crippen molar-refractivity contribution in [1.82, 2.24) is 15.3 Å². The van der Waals surface area contributed by atoms with Gasteiger partial charge >= 0.3 is 0 Å². The van der Waals surface area contributed by atoms with Gasteiger partial charge in [0.25, 0.3) is 5.91 Å². The second-order valence-corrected chi connectivity index (χ2v) is 5.67. The maximum Gasteiger partial charge on any atom is 0.265 e. The smallest absolute Gasteiger partial charge is 0.265 e. The Bertz CT molecular complexity index is 652. The molecule has 5 nitrogen and oxygen atoms in total. The SMILES string of the molecule is CN1CCN(NC(=O)c2cccc(Oc3ccccc3)c2)CC1. The molecule has 0 unspecified atom stereocenters. The summed E-state index contributed by atoms with van der Waals surface area (Å²) in [5.74, 6) is 1.31. The third-order valence-corrected chi connectivity index (χ3v) is 3.84. The number of piperazine rings is 1. The van der Waals surface area contributed by atoms with Crippen molar-refractivity contribution in [2.75, 3.05) is 33.2 Å². The summed E-state index contributed by atoms with van der Waals surface area (Å²) in [6, 6.07) is 16.8. The van der Waals surface area contributed by atoms with Crippen LogP contribution < -0.4 is 10.2 Å². The lowest BCUT2D eigenvalue weighted by atomic mass is 10.2. The van der Waals surface area contributed by atoms with Crippen molar-refractivity contribution in [3.63, 3.8) is 0 Å². The fraction of sp³-hybridized carbons (Fsp3) is 0.278. The lowest BCUT2D eigenvalue weighted by Crippen LogP contribution is -2.52. The largest absolute Gasteiger partial charge is 0.457 e. The van der Waals surface area contributed by atoms with Crippen LogP contribution in [0.3, 0.4) is 0 Å². The van der Waals surface area contributed by atoms with Crippen LogP contribution in [0.4, 0.5) is 0 Å². The Kier molecular flexibility index (Phi) is 4.90. The summed E-state index contributed by atoms with van der Waals surface area (Å²) in [5.41, 5.74) is 3.55. The van der Waals surface area contributed by atoms with E-state index in [1.165, 1.54) is 0 Å². The summed E-state index contributed by atoms with van der Waals surface area (Å²) in [4.78, 5) is 14.6. The number of hydrazine groups is 1. The van der Waals surface area contributed by atoms with Crippen molar-refractivity contribution >= 4 is 5.91 Å². The number of likely N-dealkylation sites (N-methyl/N-ethyl adjacent to an activating group) is 1. The van der Waals surface area contributed by atoms with Gasteiger partial charge in [0, 0.05) is 31.7 Å². The van der Waals surface area contributed by atoms with Gasteiger partial charge in [-0.1, -0.05) is 24.3 Å². The molecule has 2 aromatic carbocycles. The Labute approximate surface area is 136 Å². The maximum atomic E-state index is 12.4. The number of nitrogens with zero attached hydrogens (tertiary/aromatic N) is 2. The average molecular weight is 311 g/mol. The van der Waals surface area contributed by atoms with Gasteiger partial charge in [-0.3, -0.25) is 10.2 Å².